The van der Waals surface area contributed by atoms with Crippen molar-refractivity contribution in [2.45, 2.75) is 45.1 Å². The summed E-state index contributed by atoms with van der Waals surface area (Å²) in [6.07, 6.45) is 4.98. The Labute approximate surface area is 96.4 Å². The van der Waals surface area contributed by atoms with Crippen molar-refractivity contribution in [3.8, 4) is 0 Å². The van der Waals surface area contributed by atoms with Gasteiger partial charge in [-0.3, -0.25) is 9.59 Å². The molecule has 0 aromatic carbocycles. The molecule has 0 bridgehead atoms. The highest BCUT2D eigenvalue weighted by Crippen LogP contribution is 2.30. The van der Waals surface area contributed by atoms with Crippen LogP contribution in [0.25, 0.3) is 0 Å². The maximum Gasteiger partial charge on any atom is 0.242 e. The number of piperazine rings is 1. The third-order valence-electron chi connectivity index (χ3n) is 3.73. The molecule has 1 atom stereocenters. The van der Waals surface area contributed by atoms with Gasteiger partial charge in [0, 0.05) is 19.5 Å². The number of carbonyl (C=O) groups excluding carboxylic acids is 2. The molecule has 1 aliphatic heterocycles. The lowest BCUT2D eigenvalue weighted by Gasteiger charge is -2.36. The summed E-state index contributed by atoms with van der Waals surface area (Å²) in [6.45, 7) is 3.24. The molecule has 90 valence electrons. The summed E-state index contributed by atoms with van der Waals surface area (Å²) in [5.74, 6) is 0.761. The van der Waals surface area contributed by atoms with Crippen LogP contribution in [-0.4, -0.2) is 35.8 Å². The molecule has 1 unspecified atom stereocenters. The number of hydrogen-bond donors (Lipinski definition) is 1. The quantitative estimate of drug-likeness (QED) is 0.774. The topological polar surface area (TPSA) is 49.4 Å². The fraction of sp³-hybridized carbons (Fsp3) is 0.833. The van der Waals surface area contributed by atoms with E-state index in [0.717, 1.165) is 0 Å². The van der Waals surface area contributed by atoms with E-state index in [0.29, 0.717) is 31.8 Å². The second-order valence-electron chi connectivity index (χ2n) is 4.80. The van der Waals surface area contributed by atoms with Gasteiger partial charge in [-0.2, -0.15) is 0 Å². The van der Waals surface area contributed by atoms with E-state index >= 15 is 0 Å². The number of rotatable bonds is 3. The molecule has 1 heterocycles. The van der Waals surface area contributed by atoms with Gasteiger partial charge in [-0.05, 0) is 25.2 Å². The molecule has 0 aromatic rings. The first kappa shape index (κ1) is 11.4. The SMILES string of the molecule is CCC1C(=O)NCCN1C(=O)CC1CCC1. The highest BCUT2D eigenvalue weighted by atomic mass is 16.2. The van der Waals surface area contributed by atoms with Crippen molar-refractivity contribution in [2.24, 2.45) is 5.92 Å². The fourth-order valence-corrected chi connectivity index (χ4v) is 2.48. The molecule has 0 spiro atoms. The zero-order chi connectivity index (χ0) is 11.5. The van der Waals surface area contributed by atoms with Gasteiger partial charge in [0.2, 0.25) is 11.8 Å². The molecule has 2 aliphatic rings. The Kier molecular flexibility index (Phi) is 3.46. The highest BCUT2D eigenvalue weighted by molar-refractivity contribution is 5.88. The van der Waals surface area contributed by atoms with Gasteiger partial charge >= 0.3 is 0 Å². The molecular formula is C12H20N2O2. The van der Waals surface area contributed by atoms with Crippen LogP contribution in [0.5, 0.6) is 0 Å². The molecule has 1 saturated carbocycles. The standard InChI is InChI=1S/C12H20N2O2/c1-2-10-12(16)13-6-7-14(10)11(15)8-9-4-3-5-9/h9-10H,2-8H2,1H3,(H,13,16). The Hall–Kier alpha value is -1.06. The van der Waals surface area contributed by atoms with Gasteiger partial charge in [0.15, 0.2) is 0 Å². The number of nitrogens with one attached hydrogen (secondary N) is 1. The smallest absolute Gasteiger partial charge is 0.242 e. The van der Waals surface area contributed by atoms with Crippen LogP contribution in [0.4, 0.5) is 0 Å². The third-order valence-corrected chi connectivity index (χ3v) is 3.73. The zero-order valence-electron chi connectivity index (χ0n) is 9.87. The highest BCUT2D eigenvalue weighted by Gasteiger charge is 2.33. The molecule has 2 fully saturated rings. The molecule has 2 rings (SSSR count). The number of carbonyl (C=O) groups is 2. The van der Waals surface area contributed by atoms with Crippen LogP contribution in [0.3, 0.4) is 0 Å². The van der Waals surface area contributed by atoms with E-state index < -0.39 is 0 Å². The molecule has 16 heavy (non-hydrogen) atoms. The van der Waals surface area contributed by atoms with E-state index in [-0.39, 0.29) is 17.9 Å². The molecule has 4 heteroatoms. The van der Waals surface area contributed by atoms with E-state index in [1.54, 1.807) is 4.90 Å². The first-order valence-corrected chi connectivity index (χ1v) is 6.29. The average molecular weight is 224 g/mol. The van der Waals surface area contributed by atoms with Crippen molar-refractivity contribution >= 4 is 11.8 Å². The Morgan fingerprint density at radius 3 is 2.81 bits per heavy atom. The summed E-state index contributed by atoms with van der Waals surface area (Å²) in [6, 6.07) is -0.235. The van der Waals surface area contributed by atoms with Gasteiger partial charge in [0.25, 0.3) is 0 Å². The maximum atomic E-state index is 12.1. The van der Waals surface area contributed by atoms with Crippen molar-refractivity contribution in [1.82, 2.24) is 10.2 Å². The summed E-state index contributed by atoms with van der Waals surface area (Å²) in [5, 5.41) is 2.82. The first-order chi connectivity index (χ1) is 7.72. The average Bonchev–Trinajstić information content (AvgIpc) is 2.22. The molecule has 1 aliphatic carbocycles. The fourth-order valence-electron chi connectivity index (χ4n) is 2.48. The Balaban J connectivity index is 1.94. The second kappa shape index (κ2) is 4.85. The lowest BCUT2D eigenvalue weighted by Crippen LogP contribution is -2.57. The normalized spacial score (nSPS) is 26.2. The van der Waals surface area contributed by atoms with Crippen LogP contribution in [0.1, 0.15) is 39.0 Å². The second-order valence-corrected chi connectivity index (χ2v) is 4.80. The number of hydrogen-bond acceptors (Lipinski definition) is 2. The van der Waals surface area contributed by atoms with E-state index in [1.165, 1.54) is 19.3 Å². The monoisotopic (exact) mass is 224 g/mol. The summed E-state index contributed by atoms with van der Waals surface area (Å²) in [7, 11) is 0. The van der Waals surface area contributed by atoms with Crippen LogP contribution < -0.4 is 5.32 Å². The van der Waals surface area contributed by atoms with E-state index in [1.807, 2.05) is 6.92 Å². The maximum absolute atomic E-state index is 12.1. The molecular weight excluding hydrogens is 204 g/mol. The van der Waals surface area contributed by atoms with Crippen LogP contribution >= 0.6 is 0 Å². The van der Waals surface area contributed by atoms with Gasteiger partial charge in [0.05, 0.1) is 0 Å². The Morgan fingerprint density at radius 2 is 2.25 bits per heavy atom. The Bertz CT molecular complexity index is 287. The van der Waals surface area contributed by atoms with Crippen LogP contribution in [0.15, 0.2) is 0 Å². The summed E-state index contributed by atoms with van der Waals surface area (Å²) in [4.78, 5) is 25.4. The van der Waals surface area contributed by atoms with E-state index in [2.05, 4.69) is 5.32 Å². The van der Waals surface area contributed by atoms with Crippen molar-refractivity contribution in [3.05, 3.63) is 0 Å². The van der Waals surface area contributed by atoms with E-state index in [9.17, 15) is 9.59 Å². The summed E-state index contributed by atoms with van der Waals surface area (Å²) < 4.78 is 0. The molecule has 0 radical (unpaired) electrons. The molecule has 4 nitrogen and oxygen atoms in total. The van der Waals surface area contributed by atoms with Crippen molar-refractivity contribution in [1.29, 1.82) is 0 Å². The zero-order valence-corrected chi connectivity index (χ0v) is 9.87. The van der Waals surface area contributed by atoms with Crippen molar-refractivity contribution in [2.75, 3.05) is 13.1 Å². The minimum Gasteiger partial charge on any atom is -0.353 e. The lowest BCUT2D eigenvalue weighted by molar-refractivity contribution is -0.144. The molecule has 0 aromatic heterocycles. The van der Waals surface area contributed by atoms with Crippen LogP contribution in [0.2, 0.25) is 0 Å². The van der Waals surface area contributed by atoms with Gasteiger partial charge in [-0.25, -0.2) is 0 Å². The lowest BCUT2D eigenvalue weighted by atomic mass is 9.82. The van der Waals surface area contributed by atoms with Crippen molar-refractivity contribution in [3.63, 3.8) is 0 Å². The van der Waals surface area contributed by atoms with Crippen molar-refractivity contribution < 1.29 is 9.59 Å². The molecule has 2 amide bonds. The van der Waals surface area contributed by atoms with E-state index in [4.69, 9.17) is 0 Å². The minimum atomic E-state index is -0.235. The third kappa shape index (κ3) is 2.20. The van der Waals surface area contributed by atoms with Gasteiger partial charge in [0.1, 0.15) is 6.04 Å². The largest absolute Gasteiger partial charge is 0.353 e. The first-order valence-electron chi connectivity index (χ1n) is 6.29. The van der Waals surface area contributed by atoms with Gasteiger partial charge < -0.3 is 10.2 Å². The summed E-state index contributed by atoms with van der Waals surface area (Å²) in [5.41, 5.74) is 0. The Morgan fingerprint density at radius 1 is 1.50 bits per heavy atom. The van der Waals surface area contributed by atoms with Gasteiger partial charge in [-0.15, -0.1) is 0 Å². The van der Waals surface area contributed by atoms with Crippen LogP contribution in [-0.2, 0) is 9.59 Å². The predicted molar refractivity (Wildman–Crippen MR) is 60.8 cm³/mol. The molecule has 1 saturated heterocycles. The number of nitrogens with zero attached hydrogens (tertiary/aromatic N) is 1. The number of amides is 2. The molecule has 1 N–H and O–H groups in total. The van der Waals surface area contributed by atoms with Crippen LogP contribution in [0, 0.1) is 5.92 Å². The van der Waals surface area contributed by atoms with Gasteiger partial charge in [-0.1, -0.05) is 13.3 Å². The summed E-state index contributed by atoms with van der Waals surface area (Å²) >= 11 is 0. The predicted octanol–water partition coefficient (Wildman–Crippen LogP) is 0.914. The minimum absolute atomic E-state index is 0.00992.